The lowest BCUT2D eigenvalue weighted by molar-refractivity contribution is -0.176. The first-order valence-corrected chi connectivity index (χ1v) is 14.7. The number of esters is 4. The number of aromatic nitrogens is 1. The summed E-state index contributed by atoms with van der Waals surface area (Å²) < 4.78 is 27.7. The molecule has 0 radical (unpaired) electrons. The Kier molecular flexibility index (Phi) is 11.1. The normalized spacial score (nSPS) is 19.9. The zero-order valence-electron chi connectivity index (χ0n) is 26.2. The number of nitrogens with one attached hydrogen (secondary N) is 1. The number of carbonyl (C=O) groups is 5. The molecule has 12 heteroatoms. The number of cyclic esters (lactones) is 2. The second-order valence-electron chi connectivity index (χ2n) is 11.1. The summed E-state index contributed by atoms with van der Waals surface area (Å²) in [5.74, 6) is -5.74. The van der Waals surface area contributed by atoms with E-state index in [0.717, 1.165) is 11.1 Å². The Morgan fingerprint density at radius 1 is 1.02 bits per heavy atom. The molecule has 242 valence electrons. The highest BCUT2D eigenvalue weighted by molar-refractivity contribution is 6.00. The maximum absolute atomic E-state index is 13.5. The summed E-state index contributed by atoms with van der Waals surface area (Å²) in [6.07, 6.45) is -0.857. The molecule has 4 unspecified atom stereocenters. The van der Waals surface area contributed by atoms with E-state index in [4.69, 9.17) is 23.7 Å². The van der Waals surface area contributed by atoms with Gasteiger partial charge in [0.25, 0.3) is 5.91 Å². The lowest BCUT2D eigenvalue weighted by Gasteiger charge is -2.29. The second kappa shape index (κ2) is 15.2. The van der Waals surface area contributed by atoms with Crippen molar-refractivity contribution >= 4 is 29.8 Å². The van der Waals surface area contributed by atoms with E-state index in [1.807, 2.05) is 31.2 Å². The molecule has 0 aliphatic carbocycles. The first-order chi connectivity index (χ1) is 22.0. The van der Waals surface area contributed by atoms with Crippen LogP contribution < -0.4 is 14.8 Å². The fourth-order valence-corrected chi connectivity index (χ4v) is 4.75. The van der Waals surface area contributed by atoms with Gasteiger partial charge in [-0.15, -0.1) is 0 Å². The van der Waals surface area contributed by atoms with Crippen LogP contribution >= 0.6 is 0 Å². The maximum atomic E-state index is 13.5. The number of carbonyl (C=O) groups excluding carboxylic acids is 5. The predicted molar refractivity (Wildman–Crippen MR) is 163 cm³/mol. The third kappa shape index (κ3) is 8.26. The molecule has 0 saturated carbocycles. The zero-order valence-corrected chi connectivity index (χ0v) is 26.2. The number of pyridine rings is 1. The van der Waals surface area contributed by atoms with E-state index in [2.05, 4.69) is 10.3 Å². The number of rotatable bonds is 9. The van der Waals surface area contributed by atoms with Gasteiger partial charge in [0, 0.05) is 12.3 Å². The Balaban J connectivity index is 1.59. The van der Waals surface area contributed by atoms with Gasteiger partial charge in [-0.3, -0.25) is 14.4 Å². The highest BCUT2D eigenvalue weighted by atomic mass is 16.6. The van der Waals surface area contributed by atoms with Crippen molar-refractivity contribution in [3.63, 3.8) is 0 Å². The van der Waals surface area contributed by atoms with Gasteiger partial charge in [0.05, 0.1) is 18.6 Å². The predicted octanol–water partition coefficient (Wildman–Crippen LogP) is 3.63. The molecule has 1 N–H and O–H groups in total. The van der Waals surface area contributed by atoms with E-state index in [1.165, 1.54) is 26.3 Å². The van der Waals surface area contributed by atoms with Crippen LogP contribution in [0.3, 0.4) is 0 Å². The Morgan fingerprint density at radius 3 is 2.43 bits per heavy atom. The van der Waals surface area contributed by atoms with Crippen LogP contribution in [0.1, 0.15) is 52.7 Å². The number of nitrogens with zero attached hydrogens (tertiary/aromatic N) is 1. The van der Waals surface area contributed by atoms with Gasteiger partial charge >= 0.3 is 23.9 Å². The molecule has 1 aliphatic rings. The van der Waals surface area contributed by atoms with Crippen molar-refractivity contribution in [1.29, 1.82) is 0 Å². The van der Waals surface area contributed by atoms with Gasteiger partial charge in [-0.25, -0.2) is 14.6 Å². The minimum Gasteiger partial charge on any atom is -0.493 e. The maximum Gasteiger partial charge on any atom is 0.343 e. The Labute approximate surface area is 266 Å². The van der Waals surface area contributed by atoms with E-state index in [0.29, 0.717) is 0 Å². The third-order valence-corrected chi connectivity index (χ3v) is 7.22. The second-order valence-corrected chi connectivity index (χ2v) is 11.1. The number of hydrogen-bond donors (Lipinski definition) is 1. The van der Waals surface area contributed by atoms with Gasteiger partial charge in [0.1, 0.15) is 18.6 Å². The monoisotopic (exact) mass is 632 g/mol. The number of ether oxygens (including phenoxy) is 5. The molecule has 3 aromatic rings. The van der Waals surface area contributed by atoms with E-state index >= 15 is 0 Å². The first kappa shape index (κ1) is 33.6. The van der Waals surface area contributed by atoms with E-state index in [-0.39, 0.29) is 29.2 Å². The third-order valence-electron chi connectivity index (χ3n) is 7.22. The smallest absolute Gasteiger partial charge is 0.343 e. The molecule has 1 saturated heterocycles. The summed E-state index contributed by atoms with van der Waals surface area (Å²) in [5, 5.41) is 2.47. The fraction of sp³-hybridized carbons (Fsp3) is 0.353. The average Bonchev–Trinajstić information content (AvgIpc) is 3.07. The summed E-state index contributed by atoms with van der Waals surface area (Å²) in [6.45, 7) is 6.00. The number of benzene rings is 2. The van der Waals surface area contributed by atoms with E-state index in [1.54, 1.807) is 44.2 Å². The number of amides is 1. The highest BCUT2D eigenvalue weighted by Crippen LogP contribution is 2.31. The summed E-state index contributed by atoms with van der Waals surface area (Å²) in [7, 11) is 1.33. The van der Waals surface area contributed by atoms with Crippen LogP contribution in [0, 0.1) is 18.8 Å². The van der Waals surface area contributed by atoms with Gasteiger partial charge in [-0.1, -0.05) is 61.9 Å². The SMILES string of the molecule is COc1ccnc(C(=O)NC2COC(=O)C(Cc3ccccc3)C(OC(=O)C(C)C)C(C)OC2=O)c1OC(=O)c1cccc(C)c1. The molecule has 1 amide bonds. The number of methoxy groups -OCH3 is 1. The fourth-order valence-electron chi connectivity index (χ4n) is 4.75. The van der Waals surface area contributed by atoms with Gasteiger partial charge < -0.3 is 29.0 Å². The topological polar surface area (TPSA) is 156 Å². The van der Waals surface area contributed by atoms with Crippen molar-refractivity contribution < 1.29 is 47.7 Å². The molecule has 1 aromatic heterocycles. The lowest BCUT2D eigenvalue weighted by Crippen LogP contribution is -2.47. The minimum absolute atomic E-state index is 0.0387. The molecule has 0 spiro atoms. The van der Waals surface area contributed by atoms with E-state index in [9.17, 15) is 24.0 Å². The summed E-state index contributed by atoms with van der Waals surface area (Å²) in [6, 6.07) is 15.6. The molecule has 4 atom stereocenters. The molecule has 2 aromatic carbocycles. The quantitative estimate of drug-likeness (QED) is 0.271. The van der Waals surface area contributed by atoms with Crippen molar-refractivity contribution in [2.24, 2.45) is 11.8 Å². The molecule has 1 aliphatic heterocycles. The molecule has 46 heavy (non-hydrogen) atoms. The zero-order chi connectivity index (χ0) is 33.4. The van der Waals surface area contributed by atoms with Crippen molar-refractivity contribution in [3.05, 3.63) is 89.2 Å². The van der Waals surface area contributed by atoms with Crippen molar-refractivity contribution in [2.45, 2.75) is 52.4 Å². The van der Waals surface area contributed by atoms with Crippen LogP contribution in [-0.4, -0.2) is 66.7 Å². The van der Waals surface area contributed by atoms with Gasteiger partial charge in [0.15, 0.2) is 23.6 Å². The number of aryl methyl sites for hydroxylation is 1. The molecule has 0 bridgehead atoms. The van der Waals surface area contributed by atoms with Crippen LogP contribution in [0.2, 0.25) is 0 Å². The van der Waals surface area contributed by atoms with Gasteiger partial charge in [0.2, 0.25) is 5.75 Å². The minimum atomic E-state index is -1.48. The van der Waals surface area contributed by atoms with Gasteiger partial charge in [-0.2, -0.15) is 0 Å². The van der Waals surface area contributed by atoms with Crippen LogP contribution in [0.5, 0.6) is 11.5 Å². The Bertz CT molecular complexity index is 1590. The van der Waals surface area contributed by atoms with Crippen LogP contribution in [-0.2, 0) is 35.0 Å². The first-order valence-electron chi connectivity index (χ1n) is 14.7. The Morgan fingerprint density at radius 2 is 1.76 bits per heavy atom. The van der Waals surface area contributed by atoms with Crippen molar-refractivity contribution in [3.8, 4) is 11.5 Å². The lowest BCUT2D eigenvalue weighted by atomic mass is 9.91. The highest BCUT2D eigenvalue weighted by Gasteiger charge is 2.42. The summed E-state index contributed by atoms with van der Waals surface area (Å²) in [4.78, 5) is 70.0. The molecule has 12 nitrogen and oxygen atoms in total. The van der Waals surface area contributed by atoms with Gasteiger partial charge in [-0.05, 0) is 38.0 Å². The average molecular weight is 633 g/mol. The molecule has 1 fully saturated rings. The molecular formula is C34H36N2O10. The van der Waals surface area contributed by atoms with E-state index < -0.39 is 66.5 Å². The molecule has 4 rings (SSSR count). The Hall–Kier alpha value is -5.26. The van der Waals surface area contributed by atoms with Crippen LogP contribution in [0.4, 0.5) is 0 Å². The molecule has 2 heterocycles. The van der Waals surface area contributed by atoms with Crippen molar-refractivity contribution in [1.82, 2.24) is 10.3 Å². The largest absolute Gasteiger partial charge is 0.493 e. The van der Waals surface area contributed by atoms with Crippen LogP contribution in [0.25, 0.3) is 0 Å². The number of hydrogen-bond acceptors (Lipinski definition) is 11. The van der Waals surface area contributed by atoms with Crippen LogP contribution in [0.15, 0.2) is 66.9 Å². The standard InChI is InChI=1S/C34H36N2O10/c1-19(2)31(38)45-28-21(4)44-34(41)25(18-43-33(40)24(28)17-22-11-7-6-8-12-22)36-30(37)27-29(26(42-5)14-15-35-27)46-32(39)23-13-9-10-20(3)16-23/h6-16,19,21,24-25,28H,17-18H2,1-5H3,(H,36,37). The molecular weight excluding hydrogens is 596 g/mol. The summed E-state index contributed by atoms with van der Waals surface area (Å²) in [5.41, 5.74) is 1.46. The summed E-state index contributed by atoms with van der Waals surface area (Å²) >= 11 is 0. The van der Waals surface area contributed by atoms with Crippen molar-refractivity contribution in [2.75, 3.05) is 13.7 Å².